The number of hydrogen-bond acceptors (Lipinski definition) is 6. The number of carbonyl (C=O) groups excluding carboxylic acids is 2. The molecule has 0 bridgehead atoms. The number of nitrogens with one attached hydrogen (secondary N) is 1. The molecule has 0 saturated carbocycles. The van der Waals surface area contributed by atoms with Crippen molar-refractivity contribution in [2.75, 3.05) is 5.32 Å². The maximum atomic E-state index is 13.9. The Kier molecular flexibility index (Phi) is 5.73. The third-order valence-corrected chi connectivity index (χ3v) is 5.12. The Labute approximate surface area is 192 Å². The molecule has 176 valence electrons. The summed E-state index contributed by atoms with van der Waals surface area (Å²) in [5.74, 6) is -2.86. The van der Waals surface area contributed by atoms with Crippen molar-refractivity contribution < 1.29 is 31.6 Å². The molecule has 0 radical (unpaired) electrons. The molecule has 2 amide bonds. The average molecular weight is 497 g/mol. The molecule has 9 nitrogen and oxygen atoms in total. The van der Waals surface area contributed by atoms with Crippen LogP contribution in [0, 0.1) is 12.7 Å². The molecule has 0 atom stereocenters. The summed E-state index contributed by atoms with van der Waals surface area (Å²) >= 11 is 5.81. The van der Waals surface area contributed by atoms with E-state index in [-0.39, 0.29) is 39.6 Å². The smallest absolute Gasteiger partial charge is 0.437 e. The van der Waals surface area contributed by atoms with Gasteiger partial charge in [-0.1, -0.05) is 11.6 Å². The molecular weight excluding hydrogens is 484 g/mol. The first-order valence-corrected chi connectivity index (χ1v) is 9.77. The van der Waals surface area contributed by atoms with Crippen molar-refractivity contribution in [1.82, 2.24) is 19.7 Å². The highest BCUT2D eigenvalue weighted by molar-refractivity contribution is 6.31. The predicted octanol–water partition coefficient (Wildman–Crippen LogP) is 3.94. The first kappa shape index (κ1) is 23.2. The highest BCUT2D eigenvalue weighted by Gasteiger charge is 2.39. The fourth-order valence-electron chi connectivity index (χ4n) is 3.22. The number of nitrogens with two attached hydrogens (primary N) is 1. The fraction of sp³-hybridized carbons (Fsp3) is 0.150. The number of pyridine rings is 1. The van der Waals surface area contributed by atoms with E-state index in [0.717, 1.165) is 22.9 Å². The van der Waals surface area contributed by atoms with Gasteiger partial charge in [-0.3, -0.25) is 14.3 Å². The standard InChI is InChI=1S/C20H13ClF4N6O3/c1-8-16(17(20(23,24)25)30-31(8)7-15-27-2-3-34-15)29-19(33)10-5-14(18(26)32)28-13-6-12(22)11(21)4-9(10)13/h2-6H,7H2,1H3,(H2,26,32)(H,29,33). The first-order valence-electron chi connectivity index (χ1n) is 9.39. The number of carbonyl (C=O) groups is 2. The van der Waals surface area contributed by atoms with Gasteiger partial charge in [0.15, 0.2) is 5.69 Å². The van der Waals surface area contributed by atoms with Gasteiger partial charge < -0.3 is 15.5 Å². The second kappa shape index (κ2) is 8.41. The Balaban J connectivity index is 1.82. The van der Waals surface area contributed by atoms with E-state index in [1.165, 1.54) is 19.4 Å². The topological polar surface area (TPSA) is 129 Å². The number of aromatic nitrogens is 4. The number of primary amides is 1. The molecule has 14 heteroatoms. The number of benzene rings is 1. The number of hydrogen-bond donors (Lipinski definition) is 2. The highest BCUT2D eigenvalue weighted by Crippen LogP contribution is 2.36. The third-order valence-electron chi connectivity index (χ3n) is 4.83. The molecule has 1 aromatic carbocycles. The van der Waals surface area contributed by atoms with E-state index in [9.17, 15) is 27.2 Å². The number of halogens is 5. The maximum absolute atomic E-state index is 13.9. The van der Waals surface area contributed by atoms with Gasteiger partial charge in [0, 0.05) is 11.5 Å². The minimum absolute atomic E-state index is 0.00714. The third kappa shape index (κ3) is 4.29. The quantitative estimate of drug-likeness (QED) is 0.403. The van der Waals surface area contributed by atoms with Crippen molar-refractivity contribution in [2.45, 2.75) is 19.6 Å². The molecule has 4 aromatic rings. The SMILES string of the molecule is Cc1c(NC(=O)c2cc(C(N)=O)nc3cc(F)c(Cl)cc23)c(C(F)(F)F)nn1Cc1ncco1. The second-order valence-corrected chi connectivity index (χ2v) is 7.45. The molecule has 3 N–H and O–H groups in total. The van der Waals surface area contributed by atoms with Crippen molar-refractivity contribution >= 4 is 40.0 Å². The van der Waals surface area contributed by atoms with Gasteiger partial charge in [-0.25, -0.2) is 14.4 Å². The lowest BCUT2D eigenvalue weighted by molar-refractivity contribution is -0.140. The van der Waals surface area contributed by atoms with E-state index < -0.39 is 40.9 Å². The van der Waals surface area contributed by atoms with Gasteiger partial charge in [-0.2, -0.15) is 18.3 Å². The number of nitrogens with zero attached hydrogens (tertiary/aromatic N) is 4. The van der Waals surface area contributed by atoms with E-state index in [2.05, 4.69) is 20.4 Å². The number of anilines is 1. The van der Waals surface area contributed by atoms with Crippen LogP contribution in [-0.2, 0) is 12.7 Å². The van der Waals surface area contributed by atoms with Gasteiger partial charge in [0.25, 0.3) is 11.8 Å². The molecule has 3 heterocycles. The summed E-state index contributed by atoms with van der Waals surface area (Å²) in [7, 11) is 0. The zero-order valence-electron chi connectivity index (χ0n) is 17.1. The number of oxazole rings is 1. The summed E-state index contributed by atoms with van der Waals surface area (Å²) in [4.78, 5) is 32.5. The zero-order chi connectivity index (χ0) is 24.8. The van der Waals surface area contributed by atoms with Crippen molar-refractivity contribution in [3.8, 4) is 0 Å². The molecule has 4 rings (SSSR count). The lowest BCUT2D eigenvalue weighted by atomic mass is 10.1. The molecule has 0 aliphatic rings. The molecule has 0 aliphatic heterocycles. The zero-order valence-corrected chi connectivity index (χ0v) is 17.8. The van der Waals surface area contributed by atoms with Crippen molar-refractivity contribution in [3.05, 3.63) is 70.0 Å². The van der Waals surface area contributed by atoms with Crippen LogP contribution in [0.25, 0.3) is 10.9 Å². The summed E-state index contributed by atoms with van der Waals surface area (Å²) in [6.07, 6.45) is -2.35. The average Bonchev–Trinajstić information content (AvgIpc) is 3.37. The molecule has 0 unspecified atom stereocenters. The van der Waals surface area contributed by atoms with E-state index in [1.54, 1.807) is 0 Å². The first-order chi connectivity index (χ1) is 16.0. The largest absolute Gasteiger partial charge is 0.447 e. The van der Waals surface area contributed by atoms with E-state index in [1.807, 2.05) is 0 Å². The van der Waals surface area contributed by atoms with Crippen LogP contribution < -0.4 is 11.1 Å². The molecule has 0 saturated heterocycles. The summed E-state index contributed by atoms with van der Waals surface area (Å²) < 4.78 is 61.0. The molecule has 3 aromatic heterocycles. The summed E-state index contributed by atoms with van der Waals surface area (Å²) in [5.41, 5.74) is 2.37. The van der Waals surface area contributed by atoms with Crippen LogP contribution in [0.5, 0.6) is 0 Å². The summed E-state index contributed by atoms with van der Waals surface area (Å²) in [6, 6.07) is 2.93. The lowest BCUT2D eigenvalue weighted by Gasteiger charge is -2.12. The van der Waals surface area contributed by atoms with Crippen LogP contribution in [0.2, 0.25) is 5.02 Å². The fourth-order valence-corrected chi connectivity index (χ4v) is 3.39. The lowest BCUT2D eigenvalue weighted by Crippen LogP contribution is -2.19. The molecule has 34 heavy (non-hydrogen) atoms. The van der Waals surface area contributed by atoms with E-state index in [4.69, 9.17) is 21.8 Å². The van der Waals surface area contributed by atoms with Gasteiger partial charge in [0.05, 0.1) is 33.7 Å². The van der Waals surface area contributed by atoms with Gasteiger partial charge in [-0.15, -0.1) is 0 Å². The molecule has 0 spiro atoms. The molecular formula is C20H13ClF4N6O3. The van der Waals surface area contributed by atoms with E-state index in [0.29, 0.717) is 0 Å². The molecule has 0 fully saturated rings. The van der Waals surface area contributed by atoms with Crippen molar-refractivity contribution in [3.63, 3.8) is 0 Å². The van der Waals surface area contributed by atoms with Gasteiger partial charge in [-0.05, 0) is 19.1 Å². The van der Waals surface area contributed by atoms with E-state index >= 15 is 0 Å². The maximum Gasteiger partial charge on any atom is 0.437 e. The molecule has 0 aliphatic carbocycles. The van der Waals surface area contributed by atoms with Crippen LogP contribution in [0.15, 0.2) is 35.1 Å². The number of fused-ring (bicyclic) bond motifs is 1. The normalized spacial score (nSPS) is 11.7. The van der Waals surface area contributed by atoms with Gasteiger partial charge in [0.2, 0.25) is 5.89 Å². The Morgan fingerprint density at radius 3 is 2.62 bits per heavy atom. The highest BCUT2D eigenvalue weighted by atomic mass is 35.5. The Hall–Kier alpha value is -4.00. The van der Waals surface area contributed by atoms with Crippen LogP contribution in [0.4, 0.5) is 23.2 Å². The number of amides is 2. The Morgan fingerprint density at radius 2 is 2.00 bits per heavy atom. The monoisotopic (exact) mass is 496 g/mol. The van der Waals surface area contributed by atoms with Gasteiger partial charge >= 0.3 is 6.18 Å². The van der Waals surface area contributed by atoms with Crippen LogP contribution in [-0.4, -0.2) is 31.6 Å². The van der Waals surface area contributed by atoms with Crippen molar-refractivity contribution in [1.29, 1.82) is 0 Å². The van der Waals surface area contributed by atoms with Crippen molar-refractivity contribution in [2.24, 2.45) is 5.73 Å². The second-order valence-electron chi connectivity index (χ2n) is 7.05. The summed E-state index contributed by atoms with van der Waals surface area (Å²) in [6.45, 7) is 1.09. The number of alkyl halides is 3. The van der Waals surface area contributed by atoms with Crippen LogP contribution in [0.1, 0.15) is 38.1 Å². The minimum Gasteiger partial charge on any atom is -0.447 e. The predicted molar refractivity (Wildman–Crippen MR) is 111 cm³/mol. The van der Waals surface area contributed by atoms with Gasteiger partial charge in [0.1, 0.15) is 24.3 Å². The summed E-state index contributed by atoms with van der Waals surface area (Å²) in [5, 5.41) is 5.37. The number of rotatable bonds is 5. The minimum atomic E-state index is -4.92. The van der Waals surface area contributed by atoms with Crippen LogP contribution in [0.3, 0.4) is 0 Å². The Morgan fingerprint density at radius 1 is 1.26 bits per heavy atom. The van der Waals surface area contributed by atoms with Crippen LogP contribution >= 0.6 is 11.6 Å². The Bertz CT molecular complexity index is 1430.